The van der Waals surface area contributed by atoms with Gasteiger partial charge in [0.05, 0.1) is 24.5 Å². The molecular weight excluding hydrogens is 279 g/mol. The summed E-state index contributed by atoms with van der Waals surface area (Å²) in [6, 6.07) is 2.94. The lowest BCUT2D eigenvalue weighted by Crippen LogP contribution is -2.36. The Hall–Kier alpha value is -1.14. The molecule has 1 aromatic heterocycles. The maximum absolute atomic E-state index is 13.0. The molecule has 1 N–H and O–H groups in total. The number of nitrogens with one attached hydrogen (secondary N) is 1. The lowest BCUT2D eigenvalue weighted by molar-refractivity contribution is 0.0908. The van der Waals surface area contributed by atoms with Gasteiger partial charge >= 0.3 is 0 Å². The first kappa shape index (κ1) is 17.9. The molecule has 1 heterocycles. The molecule has 120 valence electrons. The number of nitrogens with zero attached hydrogens (tertiary/aromatic N) is 2. The van der Waals surface area contributed by atoms with Crippen molar-refractivity contribution in [3.8, 4) is 0 Å². The highest BCUT2D eigenvalue weighted by atomic mass is 19.3. The van der Waals surface area contributed by atoms with Crippen LogP contribution in [0.3, 0.4) is 0 Å². The van der Waals surface area contributed by atoms with Gasteiger partial charge in [0.15, 0.2) is 0 Å². The zero-order chi connectivity index (χ0) is 15.8. The normalized spacial score (nSPS) is 14.7. The smallest absolute Gasteiger partial charge is 0.251 e. The van der Waals surface area contributed by atoms with Gasteiger partial charge in [-0.2, -0.15) is 0 Å². The number of pyridine rings is 1. The fourth-order valence-corrected chi connectivity index (χ4v) is 2.38. The molecule has 3 nitrogen and oxygen atoms in total. The molecule has 0 aromatic carbocycles. The van der Waals surface area contributed by atoms with Gasteiger partial charge in [-0.3, -0.25) is 4.98 Å². The van der Waals surface area contributed by atoms with Crippen molar-refractivity contribution in [1.29, 1.82) is 0 Å². The highest BCUT2D eigenvalue weighted by Gasteiger charge is 2.22. The molecule has 0 aliphatic heterocycles. The van der Waals surface area contributed by atoms with Crippen LogP contribution in [0, 0.1) is 11.7 Å². The molecule has 0 bridgehead atoms. The molecule has 0 fully saturated rings. The van der Waals surface area contributed by atoms with Crippen LogP contribution in [0.25, 0.3) is 0 Å². The summed E-state index contributed by atoms with van der Waals surface area (Å²) in [5, 5.41) is 3.36. The summed E-state index contributed by atoms with van der Waals surface area (Å²) in [4.78, 5) is 5.73. The number of aromatic nitrogens is 1. The maximum Gasteiger partial charge on any atom is 0.251 e. The predicted molar refractivity (Wildman–Crippen MR) is 77.9 cm³/mol. The number of rotatable bonds is 9. The molecule has 0 saturated carbocycles. The van der Waals surface area contributed by atoms with Gasteiger partial charge in [-0.15, -0.1) is 0 Å². The summed E-state index contributed by atoms with van der Waals surface area (Å²) < 4.78 is 37.8. The molecular formula is C15H24F3N3. The van der Waals surface area contributed by atoms with E-state index in [-0.39, 0.29) is 24.3 Å². The highest BCUT2D eigenvalue weighted by Crippen LogP contribution is 2.21. The Morgan fingerprint density at radius 3 is 2.52 bits per heavy atom. The van der Waals surface area contributed by atoms with Gasteiger partial charge < -0.3 is 10.2 Å². The van der Waals surface area contributed by atoms with Crippen LogP contribution in [0.1, 0.15) is 32.0 Å². The van der Waals surface area contributed by atoms with E-state index in [4.69, 9.17) is 0 Å². The minimum Gasteiger partial charge on any atom is -0.308 e. The molecule has 0 aliphatic carbocycles. The molecule has 1 rings (SSSR count). The van der Waals surface area contributed by atoms with Crippen molar-refractivity contribution >= 4 is 0 Å². The zero-order valence-corrected chi connectivity index (χ0v) is 12.8. The number of halogens is 3. The van der Waals surface area contributed by atoms with E-state index in [1.54, 1.807) is 18.0 Å². The standard InChI is InChI=1S/C15H24F3N3/c1-4-7-19-15(13-6-5-12(16)8-20-13)11(2)9-21(3)10-14(17)18/h5-6,8,11,14-15,19H,4,7,9-10H2,1-3H3. The van der Waals surface area contributed by atoms with E-state index >= 15 is 0 Å². The summed E-state index contributed by atoms with van der Waals surface area (Å²) in [5.41, 5.74) is 0.739. The van der Waals surface area contributed by atoms with Crippen LogP contribution < -0.4 is 5.32 Å². The molecule has 6 heteroatoms. The Morgan fingerprint density at radius 2 is 2.00 bits per heavy atom. The third-order valence-corrected chi connectivity index (χ3v) is 3.30. The fourth-order valence-electron chi connectivity index (χ4n) is 2.38. The molecule has 0 radical (unpaired) electrons. The van der Waals surface area contributed by atoms with E-state index in [9.17, 15) is 13.2 Å². The first-order chi connectivity index (χ1) is 9.93. The maximum atomic E-state index is 13.0. The average Bonchev–Trinajstić information content (AvgIpc) is 2.40. The average molecular weight is 303 g/mol. The summed E-state index contributed by atoms with van der Waals surface area (Å²) in [6.45, 7) is 5.11. The highest BCUT2D eigenvalue weighted by molar-refractivity contribution is 5.11. The quantitative estimate of drug-likeness (QED) is 0.760. The van der Waals surface area contributed by atoms with Crippen LogP contribution >= 0.6 is 0 Å². The van der Waals surface area contributed by atoms with Crippen molar-refractivity contribution in [3.05, 3.63) is 29.8 Å². The summed E-state index contributed by atoms with van der Waals surface area (Å²) >= 11 is 0. The third-order valence-electron chi connectivity index (χ3n) is 3.30. The first-order valence-electron chi connectivity index (χ1n) is 7.25. The Labute approximate surface area is 124 Å². The molecule has 21 heavy (non-hydrogen) atoms. The second-order valence-electron chi connectivity index (χ2n) is 5.42. The lowest BCUT2D eigenvalue weighted by Gasteiger charge is -2.28. The number of hydrogen-bond acceptors (Lipinski definition) is 3. The summed E-state index contributed by atoms with van der Waals surface area (Å²) in [5.74, 6) is -0.297. The van der Waals surface area contributed by atoms with Crippen molar-refractivity contribution in [2.24, 2.45) is 5.92 Å². The van der Waals surface area contributed by atoms with Crippen LogP contribution in [0.15, 0.2) is 18.3 Å². The number of hydrogen-bond donors (Lipinski definition) is 1. The molecule has 2 unspecified atom stereocenters. The second kappa shape index (κ2) is 9.00. The van der Waals surface area contributed by atoms with E-state index in [0.29, 0.717) is 6.54 Å². The van der Waals surface area contributed by atoms with E-state index in [0.717, 1.165) is 18.7 Å². The molecule has 2 atom stereocenters. The monoisotopic (exact) mass is 303 g/mol. The van der Waals surface area contributed by atoms with Gasteiger partial charge in [-0.05, 0) is 38.1 Å². The number of alkyl halides is 2. The summed E-state index contributed by atoms with van der Waals surface area (Å²) in [6.07, 6.45) is -0.198. The molecule has 0 spiro atoms. The molecule has 0 saturated heterocycles. The second-order valence-corrected chi connectivity index (χ2v) is 5.42. The van der Waals surface area contributed by atoms with Crippen LogP contribution in [0.4, 0.5) is 13.2 Å². The van der Waals surface area contributed by atoms with E-state index < -0.39 is 6.43 Å². The van der Waals surface area contributed by atoms with Crippen molar-refractivity contribution in [1.82, 2.24) is 15.2 Å². The zero-order valence-electron chi connectivity index (χ0n) is 12.8. The largest absolute Gasteiger partial charge is 0.308 e. The Morgan fingerprint density at radius 1 is 1.29 bits per heavy atom. The third kappa shape index (κ3) is 6.44. The van der Waals surface area contributed by atoms with Gasteiger partial charge in [0, 0.05) is 6.54 Å². The topological polar surface area (TPSA) is 28.2 Å². The van der Waals surface area contributed by atoms with Crippen LogP contribution in [0.5, 0.6) is 0 Å². The minimum absolute atomic E-state index is 0.0781. The molecule has 0 aliphatic rings. The first-order valence-corrected chi connectivity index (χ1v) is 7.25. The predicted octanol–water partition coefficient (Wildman–Crippen LogP) is 3.09. The van der Waals surface area contributed by atoms with Crippen LogP contribution in [0.2, 0.25) is 0 Å². The van der Waals surface area contributed by atoms with Crippen LogP contribution in [-0.4, -0.2) is 43.0 Å². The molecule has 0 amide bonds. The van der Waals surface area contributed by atoms with Crippen molar-refractivity contribution < 1.29 is 13.2 Å². The summed E-state index contributed by atoms with van der Waals surface area (Å²) in [7, 11) is 1.68. The van der Waals surface area contributed by atoms with Gasteiger partial charge in [0.2, 0.25) is 0 Å². The van der Waals surface area contributed by atoms with E-state index in [1.807, 2.05) is 6.92 Å². The van der Waals surface area contributed by atoms with Crippen molar-refractivity contribution in [2.75, 3.05) is 26.7 Å². The van der Waals surface area contributed by atoms with Crippen LogP contribution in [-0.2, 0) is 0 Å². The van der Waals surface area contributed by atoms with E-state index in [1.165, 1.54) is 12.3 Å². The van der Waals surface area contributed by atoms with E-state index in [2.05, 4.69) is 17.2 Å². The Bertz CT molecular complexity index is 398. The van der Waals surface area contributed by atoms with Gasteiger partial charge in [-0.25, -0.2) is 13.2 Å². The van der Waals surface area contributed by atoms with Gasteiger partial charge in [0.25, 0.3) is 6.43 Å². The Kier molecular flexibility index (Phi) is 7.67. The molecule has 1 aromatic rings. The van der Waals surface area contributed by atoms with Crippen molar-refractivity contribution in [2.45, 2.75) is 32.7 Å². The van der Waals surface area contributed by atoms with Gasteiger partial charge in [-0.1, -0.05) is 13.8 Å². The lowest BCUT2D eigenvalue weighted by atomic mass is 9.97. The SMILES string of the molecule is CCCNC(c1ccc(F)cn1)C(C)CN(C)CC(F)F. The van der Waals surface area contributed by atoms with Gasteiger partial charge in [0.1, 0.15) is 5.82 Å². The van der Waals surface area contributed by atoms with Crippen molar-refractivity contribution in [3.63, 3.8) is 0 Å². The Balaban J connectivity index is 2.73. The fraction of sp³-hybridized carbons (Fsp3) is 0.667. The minimum atomic E-state index is -2.34.